The van der Waals surface area contributed by atoms with Gasteiger partial charge in [-0.2, -0.15) is 0 Å². The fourth-order valence-corrected chi connectivity index (χ4v) is 1.94. The second-order valence-corrected chi connectivity index (χ2v) is 5.09. The summed E-state index contributed by atoms with van der Waals surface area (Å²) in [6.07, 6.45) is 2.52. The summed E-state index contributed by atoms with van der Waals surface area (Å²) < 4.78 is 0. The van der Waals surface area contributed by atoms with Crippen molar-refractivity contribution in [1.82, 2.24) is 0 Å². The van der Waals surface area contributed by atoms with E-state index in [1.165, 1.54) is 6.08 Å². The maximum Gasteiger partial charge on any atom is 0.187 e. The zero-order valence-electron chi connectivity index (χ0n) is 11.6. The van der Waals surface area contributed by atoms with Gasteiger partial charge in [-0.25, -0.2) is 0 Å². The molecule has 0 saturated heterocycles. The molecular formula is C17H16ClNO2. The number of carbonyl (C=O) groups excluding carboxylic acids is 1. The van der Waals surface area contributed by atoms with Gasteiger partial charge < -0.3 is 10.4 Å². The van der Waals surface area contributed by atoms with Crippen LogP contribution in [0.15, 0.2) is 60.8 Å². The zero-order valence-corrected chi connectivity index (χ0v) is 12.3. The molecule has 2 aromatic carbocycles. The Bertz CT molecular complexity index is 648. The Morgan fingerprint density at radius 1 is 1.24 bits per heavy atom. The third kappa shape index (κ3) is 4.45. The molecule has 21 heavy (non-hydrogen) atoms. The van der Waals surface area contributed by atoms with Crippen molar-refractivity contribution < 1.29 is 9.90 Å². The Balaban J connectivity index is 2.00. The van der Waals surface area contributed by atoms with Crippen LogP contribution in [0.2, 0.25) is 5.02 Å². The molecule has 0 aliphatic heterocycles. The van der Waals surface area contributed by atoms with Crippen molar-refractivity contribution in [3.63, 3.8) is 0 Å². The molecule has 0 saturated carbocycles. The Morgan fingerprint density at radius 2 is 1.95 bits per heavy atom. The summed E-state index contributed by atoms with van der Waals surface area (Å²) >= 11 is 5.78. The standard InChI is InChI=1S/C17H16ClNO2/c1-12(20)14-3-2-4-16(11-14)19-10-9-17(21)13-5-7-15(18)8-6-13/h2-12,19-20H,1H3/b10-9+/t12-/m0/s1. The van der Waals surface area contributed by atoms with E-state index in [1.807, 2.05) is 24.3 Å². The van der Waals surface area contributed by atoms with E-state index in [9.17, 15) is 9.90 Å². The van der Waals surface area contributed by atoms with Gasteiger partial charge in [-0.05, 0) is 48.9 Å². The molecule has 0 aromatic heterocycles. The van der Waals surface area contributed by atoms with Crippen molar-refractivity contribution >= 4 is 23.1 Å². The van der Waals surface area contributed by atoms with Crippen LogP contribution in [0.3, 0.4) is 0 Å². The maximum atomic E-state index is 11.9. The number of allylic oxidation sites excluding steroid dienone is 1. The number of aliphatic hydroxyl groups excluding tert-OH is 1. The van der Waals surface area contributed by atoms with Crippen LogP contribution in [0, 0.1) is 0 Å². The van der Waals surface area contributed by atoms with Crippen molar-refractivity contribution in [2.45, 2.75) is 13.0 Å². The molecule has 3 nitrogen and oxygen atoms in total. The van der Waals surface area contributed by atoms with Crippen molar-refractivity contribution in [3.05, 3.63) is 77.0 Å². The first-order chi connectivity index (χ1) is 10.1. The molecule has 2 N–H and O–H groups in total. The number of hydrogen-bond donors (Lipinski definition) is 2. The van der Waals surface area contributed by atoms with E-state index in [0.29, 0.717) is 10.6 Å². The highest BCUT2D eigenvalue weighted by molar-refractivity contribution is 6.30. The molecule has 0 amide bonds. The first-order valence-corrected chi connectivity index (χ1v) is 6.95. The van der Waals surface area contributed by atoms with Gasteiger partial charge in [0.25, 0.3) is 0 Å². The third-order valence-electron chi connectivity index (χ3n) is 2.98. The van der Waals surface area contributed by atoms with Crippen LogP contribution in [0.1, 0.15) is 28.9 Å². The van der Waals surface area contributed by atoms with E-state index in [1.54, 1.807) is 37.4 Å². The van der Waals surface area contributed by atoms with Gasteiger partial charge in [-0.15, -0.1) is 0 Å². The highest BCUT2D eigenvalue weighted by Crippen LogP contribution is 2.17. The summed E-state index contributed by atoms with van der Waals surface area (Å²) in [4.78, 5) is 11.9. The minimum Gasteiger partial charge on any atom is -0.389 e. The summed E-state index contributed by atoms with van der Waals surface area (Å²) in [7, 11) is 0. The Kier molecular flexibility index (Phi) is 5.14. The molecule has 0 fully saturated rings. The van der Waals surface area contributed by atoms with E-state index in [2.05, 4.69) is 5.32 Å². The molecule has 1 atom stereocenters. The first-order valence-electron chi connectivity index (χ1n) is 6.57. The minimum absolute atomic E-state index is 0.106. The van der Waals surface area contributed by atoms with E-state index < -0.39 is 6.10 Å². The molecule has 0 heterocycles. The quantitative estimate of drug-likeness (QED) is 0.643. The summed E-state index contributed by atoms with van der Waals surface area (Å²) in [6, 6.07) is 14.1. The molecule has 2 rings (SSSR count). The topological polar surface area (TPSA) is 49.3 Å². The van der Waals surface area contributed by atoms with Crippen LogP contribution in [0.5, 0.6) is 0 Å². The lowest BCUT2D eigenvalue weighted by molar-refractivity contribution is 0.104. The van der Waals surface area contributed by atoms with Gasteiger partial charge in [0.15, 0.2) is 5.78 Å². The van der Waals surface area contributed by atoms with Crippen LogP contribution in [0.4, 0.5) is 5.69 Å². The predicted molar refractivity (Wildman–Crippen MR) is 85.6 cm³/mol. The van der Waals surface area contributed by atoms with Crippen LogP contribution < -0.4 is 5.32 Å². The van der Waals surface area contributed by atoms with Crippen LogP contribution in [0.25, 0.3) is 0 Å². The Hall–Kier alpha value is -2.10. The molecule has 4 heteroatoms. The average Bonchev–Trinajstić information content (AvgIpc) is 2.48. The molecule has 0 aliphatic carbocycles. The SMILES string of the molecule is C[C@H](O)c1cccc(N/C=C/C(=O)c2ccc(Cl)cc2)c1. The van der Waals surface area contributed by atoms with Crippen molar-refractivity contribution in [2.75, 3.05) is 5.32 Å². The fourth-order valence-electron chi connectivity index (χ4n) is 1.81. The number of rotatable bonds is 5. The number of hydrogen-bond acceptors (Lipinski definition) is 3. The number of nitrogens with one attached hydrogen (secondary N) is 1. The fraction of sp³-hybridized carbons (Fsp3) is 0.118. The van der Waals surface area contributed by atoms with Crippen LogP contribution >= 0.6 is 11.6 Å². The predicted octanol–water partition coefficient (Wildman–Crippen LogP) is 4.20. The molecule has 0 unspecified atom stereocenters. The molecule has 0 radical (unpaired) electrons. The molecule has 0 spiro atoms. The molecule has 0 aliphatic rings. The number of anilines is 1. The van der Waals surface area contributed by atoms with Gasteiger partial charge in [0.1, 0.15) is 0 Å². The molecular weight excluding hydrogens is 286 g/mol. The van der Waals surface area contributed by atoms with Gasteiger partial charge in [0.2, 0.25) is 0 Å². The highest BCUT2D eigenvalue weighted by Gasteiger charge is 2.02. The summed E-state index contributed by atoms with van der Waals surface area (Å²) in [5.74, 6) is -0.106. The number of aliphatic hydroxyl groups is 1. The number of ketones is 1. The summed E-state index contributed by atoms with van der Waals surface area (Å²) in [5.41, 5.74) is 2.21. The zero-order chi connectivity index (χ0) is 15.2. The van der Waals surface area contributed by atoms with E-state index in [0.717, 1.165) is 11.3 Å². The Labute approximate surface area is 128 Å². The van der Waals surface area contributed by atoms with E-state index in [4.69, 9.17) is 11.6 Å². The number of benzene rings is 2. The average molecular weight is 302 g/mol. The van der Waals surface area contributed by atoms with Crippen LogP contribution in [-0.4, -0.2) is 10.9 Å². The number of halogens is 1. The monoisotopic (exact) mass is 301 g/mol. The lowest BCUT2D eigenvalue weighted by Crippen LogP contribution is -1.97. The lowest BCUT2D eigenvalue weighted by Gasteiger charge is -2.07. The number of carbonyl (C=O) groups is 1. The third-order valence-corrected chi connectivity index (χ3v) is 3.23. The van der Waals surface area contributed by atoms with Crippen molar-refractivity contribution in [3.8, 4) is 0 Å². The Morgan fingerprint density at radius 3 is 2.62 bits per heavy atom. The molecule has 108 valence electrons. The molecule has 0 bridgehead atoms. The van der Waals surface area contributed by atoms with Gasteiger partial charge in [-0.1, -0.05) is 23.7 Å². The summed E-state index contributed by atoms with van der Waals surface area (Å²) in [5, 5.41) is 13.1. The normalized spacial score (nSPS) is 12.3. The van der Waals surface area contributed by atoms with E-state index >= 15 is 0 Å². The largest absolute Gasteiger partial charge is 0.389 e. The van der Waals surface area contributed by atoms with Gasteiger partial charge >= 0.3 is 0 Å². The second-order valence-electron chi connectivity index (χ2n) is 4.65. The smallest absolute Gasteiger partial charge is 0.187 e. The van der Waals surface area contributed by atoms with Crippen molar-refractivity contribution in [2.24, 2.45) is 0 Å². The van der Waals surface area contributed by atoms with Crippen molar-refractivity contribution in [1.29, 1.82) is 0 Å². The lowest BCUT2D eigenvalue weighted by atomic mass is 10.1. The minimum atomic E-state index is -0.522. The van der Waals surface area contributed by atoms with Gasteiger partial charge in [0.05, 0.1) is 6.10 Å². The maximum absolute atomic E-state index is 11.9. The van der Waals surface area contributed by atoms with E-state index in [-0.39, 0.29) is 5.78 Å². The highest BCUT2D eigenvalue weighted by atomic mass is 35.5. The summed E-state index contributed by atoms with van der Waals surface area (Å²) in [6.45, 7) is 1.71. The van der Waals surface area contributed by atoms with Gasteiger partial charge in [-0.3, -0.25) is 4.79 Å². The molecule has 2 aromatic rings. The first kappa shape index (κ1) is 15.3. The van der Waals surface area contributed by atoms with Crippen LogP contribution in [-0.2, 0) is 0 Å². The van der Waals surface area contributed by atoms with Gasteiger partial charge in [0, 0.05) is 28.5 Å². The second kappa shape index (κ2) is 7.07.